The van der Waals surface area contributed by atoms with Gasteiger partial charge in [-0.05, 0) is 13.8 Å². The molecule has 98 valence electrons. The van der Waals surface area contributed by atoms with Gasteiger partial charge in [0.25, 0.3) is 0 Å². The van der Waals surface area contributed by atoms with E-state index in [0.29, 0.717) is 13.2 Å². The standard InChI is InChI=1S/C8H19O7P/c1-3-13-8(14-4-2)5-7(9)6-15-16(10,11)12/h7-9H,3-6H2,1-2H3,(H2,10,11,12)/t7-/m0/s1. The number of ether oxygens (including phenoxy) is 2. The Balaban J connectivity index is 3.89. The number of aliphatic hydroxyl groups is 1. The van der Waals surface area contributed by atoms with Gasteiger partial charge in [-0.2, -0.15) is 0 Å². The summed E-state index contributed by atoms with van der Waals surface area (Å²) in [5.41, 5.74) is 0. The molecule has 0 aromatic carbocycles. The summed E-state index contributed by atoms with van der Waals surface area (Å²) in [6, 6.07) is 0. The van der Waals surface area contributed by atoms with E-state index in [2.05, 4.69) is 4.52 Å². The average Bonchev–Trinajstić information content (AvgIpc) is 2.14. The van der Waals surface area contributed by atoms with Crippen LogP contribution in [0.25, 0.3) is 0 Å². The van der Waals surface area contributed by atoms with Crippen LogP contribution in [-0.4, -0.2) is 47.1 Å². The Labute approximate surface area is 94.6 Å². The maximum absolute atomic E-state index is 10.4. The molecule has 0 bridgehead atoms. The fourth-order valence-electron chi connectivity index (χ4n) is 1.03. The Bertz CT molecular complexity index is 210. The molecule has 0 saturated carbocycles. The Morgan fingerprint density at radius 1 is 1.19 bits per heavy atom. The van der Waals surface area contributed by atoms with Crippen molar-refractivity contribution >= 4 is 7.82 Å². The summed E-state index contributed by atoms with van der Waals surface area (Å²) in [6.07, 6.45) is -1.54. The van der Waals surface area contributed by atoms with Gasteiger partial charge in [-0.3, -0.25) is 4.52 Å². The van der Waals surface area contributed by atoms with Gasteiger partial charge in [-0.1, -0.05) is 0 Å². The summed E-state index contributed by atoms with van der Waals surface area (Å²) in [7, 11) is -4.54. The van der Waals surface area contributed by atoms with Crippen molar-refractivity contribution in [2.75, 3.05) is 19.8 Å². The van der Waals surface area contributed by atoms with Crippen molar-refractivity contribution in [1.29, 1.82) is 0 Å². The smallest absolute Gasteiger partial charge is 0.391 e. The van der Waals surface area contributed by atoms with E-state index in [0.717, 1.165) is 0 Å². The van der Waals surface area contributed by atoms with Crippen LogP contribution in [0, 0.1) is 0 Å². The molecule has 0 unspecified atom stereocenters. The summed E-state index contributed by atoms with van der Waals surface area (Å²) in [5.74, 6) is 0. The first-order valence-electron chi connectivity index (χ1n) is 5.00. The molecule has 0 aromatic heterocycles. The van der Waals surface area contributed by atoms with E-state index in [9.17, 15) is 9.67 Å². The van der Waals surface area contributed by atoms with Crippen molar-refractivity contribution in [1.82, 2.24) is 0 Å². The molecule has 0 aromatic rings. The predicted octanol–water partition coefficient (Wildman–Crippen LogP) is 0.246. The molecule has 1 atom stereocenters. The van der Waals surface area contributed by atoms with Crippen LogP contribution in [0.1, 0.15) is 20.3 Å². The van der Waals surface area contributed by atoms with Crippen LogP contribution in [0.4, 0.5) is 0 Å². The molecule has 3 N–H and O–H groups in total. The second-order valence-corrected chi connectivity index (χ2v) is 4.26. The number of hydrogen-bond acceptors (Lipinski definition) is 5. The first-order valence-corrected chi connectivity index (χ1v) is 6.53. The SMILES string of the molecule is CCOC(C[C@H](O)COP(=O)(O)O)OCC. The van der Waals surface area contributed by atoms with Crippen molar-refractivity contribution < 1.29 is 33.5 Å². The highest BCUT2D eigenvalue weighted by Crippen LogP contribution is 2.35. The zero-order valence-electron chi connectivity index (χ0n) is 9.40. The number of hydrogen-bond donors (Lipinski definition) is 3. The maximum atomic E-state index is 10.4. The van der Waals surface area contributed by atoms with Crippen LogP contribution >= 0.6 is 7.82 Å². The molecule has 0 fully saturated rings. The predicted molar refractivity (Wildman–Crippen MR) is 55.7 cm³/mol. The van der Waals surface area contributed by atoms with Gasteiger partial charge < -0.3 is 24.4 Å². The van der Waals surface area contributed by atoms with Crippen LogP contribution in [0.3, 0.4) is 0 Å². The van der Waals surface area contributed by atoms with Gasteiger partial charge in [0.2, 0.25) is 0 Å². The normalized spacial score (nSPS) is 14.4. The number of phosphoric acid groups is 1. The molecule has 0 saturated heterocycles. The van der Waals surface area contributed by atoms with E-state index < -0.39 is 26.8 Å². The van der Waals surface area contributed by atoms with Crippen molar-refractivity contribution in [3.8, 4) is 0 Å². The Kier molecular flexibility index (Phi) is 8.13. The molecule has 16 heavy (non-hydrogen) atoms. The van der Waals surface area contributed by atoms with Gasteiger partial charge in [0.15, 0.2) is 6.29 Å². The highest BCUT2D eigenvalue weighted by atomic mass is 31.2. The van der Waals surface area contributed by atoms with Gasteiger partial charge in [-0.15, -0.1) is 0 Å². The van der Waals surface area contributed by atoms with Crippen molar-refractivity contribution in [3.63, 3.8) is 0 Å². The lowest BCUT2D eigenvalue weighted by Gasteiger charge is -2.20. The first kappa shape index (κ1) is 16.0. The van der Waals surface area contributed by atoms with E-state index in [1.54, 1.807) is 13.8 Å². The average molecular weight is 258 g/mol. The molecule has 0 amide bonds. The second-order valence-electron chi connectivity index (χ2n) is 3.02. The monoisotopic (exact) mass is 258 g/mol. The summed E-state index contributed by atoms with van der Waals surface area (Å²) >= 11 is 0. The van der Waals surface area contributed by atoms with Crippen LogP contribution in [0.15, 0.2) is 0 Å². The van der Waals surface area contributed by atoms with Crippen LogP contribution in [0.2, 0.25) is 0 Å². The van der Waals surface area contributed by atoms with Crippen LogP contribution < -0.4 is 0 Å². The minimum absolute atomic E-state index is 0.0989. The second kappa shape index (κ2) is 8.14. The number of aliphatic hydroxyl groups excluding tert-OH is 1. The molecule has 8 heteroatoms. The third kappa shape index (κ3) is 9.23. The molecular formula is C8H19O7P. The molecule has 0 radical (unpaired) electrons. The zero-order valence-corrected chi connectivity index (χ0v) is 10.3. The van der Waals surface area contributed by atoms with Crippen LogP contribution in [-0.2, 0) is 18.6 Å². The number of phosphoric ester groups is 1. The number of rotatable bonds is 9. The van der Waals surface area contributed by atoms with Gasteiger partial charge >= 0.3 is 7.82 Å². The molecule has 0 heterocycles. The fourth-order valence-corrected chi connectivity index (χ4v) is 1.40. The largest absolute Gasteiger partial charge is 0.469 e. The van der Waals surface area contributed by atoms with E-state index in [-0.39, 0.29) is 6.42 Å². The summed E-state index contributed by atoms with van der Waals surface area (Å²) in [4.78, 5) is 16.8. The molecule has 0 aliphatic rings. The summed E-state index contributed by atoms with van der Waals surface area (Å²) in [6.45, 7) is 3.96. The van der Waals surface area contributed by atoms with Crippen LogP contribution in [0.5, 0.6) is 0 Å². The van der Waals surface area contributed by atoms with E-state index in [1.165, 1.54) is 0 Å². The van der Waals surface area contributed by atoms with Gasteiger partial charge in [0, 0.05) is 19.6 Å². The zero-order chi connectivity index (χ0) is 12.6. The maximum Gasteiger partial charge on any atom is 0.469 e. The molecule has 7 nitrogen and oxygen atoms in total. The Morgan fingerprint density at radius 2 is 1.69 bits per heavy atom. The first-order chi connectivity index (χ1) is 7.39. The molecular weight excluding hydrogens is 239 g/mol. The molecule has 0 rings (SSSR count). The highest BCUT2D eigenvalue weighted by molar-refractivity contribution is 7.46. The topological polar surface area (TPSA) is 105 Å². The van der Waals surface area contributed by atoms with Gasteiger partial charge in [-0.25, -0.2) is 4.57 Å². The minimum Gasteiger partial charge on any atom is -0.391 e. The van der Waals surface area contributed by atoms with Crippen molar-refractivity contribution in [2.24, 2.45) is 0 Å². The highest BCUT2D eigenvalue weighted by Gasteiger charge is 2.20. The molecule has 0 spiro atoms. The molecule has 0 aliphatic carbocycles. The Hall–Kier alpha value is -0.0100. The Morgan fingerprint density at radius 3 is 2.06 bits per heavy atom. The minimum atomic E-state index is -4.54. The lowest BCUT2D eigenvalue weighted by molar-refractivity contribution is -0.154. The summed E-state index contributed by atoms with van der Waals surface area (Å²) < 4.78 is 24.8. The van der Waals surface area contributed by atoms with Crippen molar-refractivity contribution in [3.05, 3.63) is 0 Å². The lowest BCUT2D eigenvalue weighted by Crippen LogP contribution is -2.26. The summed E-state index contributed by atoms with van der Waals surface area (Å²) in [5, 5.41) is 9.41. The van der Waals surface area contributed by atoms with Gasteiger partial charge in [0.1, 0.15) is 0 Å². The quantitative estimate of drug-likeness (QED) is 0.402. The van der Waals surface area contributed by atoms with E-state index in [4.69, 9.17) is 19.3 Å². The van der Waals surface area contributed by atoms with E-state index in [1.807, 2.05) is 0 Å². The third-order valence-electron chi connectivity index (χ3n) is 1.60. The third-order valence-corrected chi connectivity index (χ3v) is 2.09. The fraction of sp³-hybridized carbons (Fsp3) is 1.00. The van der Waals surface area contributed by atoms with E-state index >= 15 is 0 Å². The molecule has 0 aliphatic heterocycles. The lowest BCUT2D eigenvalue weighted by atomic mass is 10.2. The van der Waals surface area contributed by atoms with Crippen molar-refractivity contribution in [2.45, 2.75) is 32.7 Å². The van der Waals surface area contributed by atoms with Gasteiger partial charge in [0.05, 0.1) is 12.7 Å².